The zero-order chi connectivity index (χ0) is 13.7. The molecule has 0 spiro atoms. The van der Waals surface area contributed by atoms with Crippen LogP contribution in [0, 0.1) is 5.92 Å². The summed E-state index contributed by atoms with van der Waals surface area (Å²) in [5.74, 6) is 0.637. The Morgan fingerprint density at radius 3 is 2.79 bits per heavy atom. The van der Waals surface area contributed by atoms with Gasteiger partial charge in [0.25, 0.3) is 0 Å². The average molecular weight is 262 g/mol. The van der Waals surface area contributed by atoms with Gasteiger partial charge in [0.1, 0.15) is 0 Å². The quantitative estimate of drug-likeness (QED) is 0.883. The molecule has 1 aliphatic heterocycles. The second kappa shape index (κ2) is 6.68. The molecule has 0 radical (unpaired) electrons. The van der Waals surface area contributed by atoms with Crippen LogP contribution in [0.2, 0.25) is 0 Å². The van der Waals surface area contributed by atoms with Gasteiger partial charge in [-0.1, -0.05) is 12.1 Å². The second-order valence-electron chi connectivity index (χ2n) is 5.22. The third-order valence-corrected chi connectivity index (χ3v) is 3.45. The van der Waals surface area contributed by atoms with E-state index in [9.17, 15) is 4.79 Å². The average Bonchev–Trinajstić information content (AvgIpc) is 2.79. The fraction of sp³-hybridized carbons (Fsp3) is 0.533. The van der Waals surface area contributed by atoms with Gasteiger partial charge in [0.2, 0.25) is 5.91 Å². The molecule has 1 aliphatic rings. The maximum Gasteiger partial charge on any atom is 0.221 e. The first-order valence-corrected chi connectivity index (χ1v) is 6.75. The van der Waals surface area contributed by atoms with Crippen LogP contribution >= 0.6 is 0 Å². The van der Waals surface area contributed by atoms with E-state index in [2.05, 4.69) is 22.3 Å². The van der Waals surface area contributed by atoms with Gasteiger partial charge in [-0.05, 0) is 36.6 Å². The van der Waals surface area contributed by atoms with Crippen LogP contribution in [0.5, 0.6) is 0 Å². The first-order chi connectivity index (χ1) is 9.17. The van der Waals surface area contributed by atoms with Crippen molar-refractivity contribution in [2.75, 3.05) is 32.1 Å². The van der Waals surface area contributed by atoms with Gasteiger partial charge in [-0.15, -0.1) is 0 Å². The Labute approximate surface area is 114 Å². The van der Waals surface area contributed by atoms with Gasteiger partial charge < -0.3 is 10.1 Å². The number of carbonyl (C=O) groups is 1. The number of methoxy groups -OCH3 is 1. The van der Waals surface area contributed by atoms with Gasteiger partial charge in [-0.2, -0.15) is 0 Å². The summed E-state index contributed by atoms with van der Waals surface area (Å²) in [5.41, 5.74) is 2.14. The number of likely N-dealkylation sites (tertiary alicyclic amines) is 1. The first-order valence-electron chi connectivity index (χ1n) is 6.75. The van der Waals surface area contributed by atoms with Crippen molar-refractivity contribution >= 4 is 11.6 Å². The zero-order valence-corrected chi connectivity index (χ0v) is 11.7. The topological polar surface area (TPSA) is 41.6 Å². The van der Waals surface area contributed by atoms with E-state index in [0.29, 0.717) is 5.92 Å². The molecule has 1 amide bonds. The highest BCUT2D eigenvalue weighted by molar-refractivity contribution is 5.88. The Hall–Kier alpha value is -1.39. The summed E-state index contributed by atoms with van der Waals surface area (Å²) in [5, 5.41) is 2.78. The van der Waals surface area contributed by atoms with Crippen LogP contribution in [0.1, 0.15) is 18.9 Å². The molecule has 1 N–H and O–H groups in total. The summed E-state index contributed by atoms with van der Waals surface area (Å²) in [6.07, 6.45) is 1.22. The maximum absolute atomic E-state index is 10.9. The summed E-state index contributed by atoms with van der Waals surface area (Å²) in [6, 6.07) is 8.07. The molecule has 19 heavy (non-hydrogen) atoms. The highest BCUT2D eigenvalue weighted by Crippen LogP contribution is 2.19. The summed E-state index contributed by atoms with van der Waals surface area (Å²) >= 11 is 0. The molecule has 1 fully saturated rings. The summed E-state index contributed by atoms with van der Waals surface area (Å²) in [6.45, 7) is 5.61. The Morgan fingerprint density at radius 2 is 2.16 bits per heavy atom. The number of anilines is 1. The minimum absolute atomic E-state index is 0.0327. The van der Waals surface area contributed by atoms with Gasteiger partial charge in [-0.25, -0.2) is 0 Å². The summed E-state index contributed by atoms with van der Waals surface area (Å²) in [7, 11) is 1.77. The minimum Gasteiger partial charge on any atom is -0.384 e. The van der Waals surface area contributed by atoms with Crippen LogP contribution in [-0.2, 0) is 16.1 Å². The molecule has 0 unspecified atom stereocenters. The van der Waals surface area contributed by atoms with Crippen LogP contribution in [0.4, 0.5) is 5.69 Å². The lowest BCUT2D eigenvalue weighted by Gasteiger charge is -2.16. The predicted octanol–water partition coefficient (Wildman–Crippen LogP) is 2.11. The van der Waals surface area contributed by atoms with E-state index in [-0.39, 0.29) is 5.91 Å². The molecule has 104 valence electrons. The van der Waals surface area contributed by atoms with Crippen molar-refractivity contribution in [3.8, 4) is 0 Å². The Morgan fingerprint density at radius 1 is 1.42 bits per heavy atom. The normalized spacial score (nSPS) is 19.6. The van der Waals surface area contributed by atoms with Crippen molar-refractivity contribution in [2.45, 2.75) is 19.9 Å². The van der Waals surface area contributed by atoms with Crippen molar-refractivity contribution in [3.63, 3.8) is 0 Å². The molecular weight excluding hydrogens is 240 g/mol. The highest BCUT2D eigenvalue weighted by Gasteiger charge is 2.21. The van der Waals surface area contributed by atoms with E-state index in [1.807, 2.05) is 12.1 Å². The van der Waals surface area contributed by atoms with Crippen LogP contribution in [0.25, 0.3) is 0 Å². The van der Waals surface area contributed by atoms with E-state index in [4.69, 9.17) is 4.74 Å². The molecule has 0 bridgehead atoms. The fourth-order valence-corrected chi connectivity index (χ4v) is 2.58. The lowest BCUT2D eigenvalue weighted by atomic mass is 10.1. The van der Waals surface area contributed by atoms with Crippen molar-refractivity contribution in [1.82, 2.24) is 4.90 Å². The molecule has 1 heterocycles. The second-order valence-corrected chi connectivity index (χ2v) is 5.22. The van der Waals surface area contributed by atoms with Gasteiger partial charge in [0.05, 0.1) is 6.61 Å². The zero-order valence-electron chi connectivity index (χ0n) is 11.7. The number of hydrogen-bond donors (Lipinski definition) is 1. The van der Waals surface area contributed by atoms with E-state index in [1.54, 1.807) is 7.11 Å². The molecule has 2 rings (SSSR count). The molecule has 0 aliphatic carbocycles. The first kappa shape index (κ1) is 14.0. The van der Waals surface area contributed by atoms with Crippen LogP contribution < -0.4 is 5.32 Å². The molecule has 1 aromatic carbocycles. The van der Waals surface area contributed by atoms with Crippen molar-refractivity contribution in [2.24, 2.45) is 5.92 Å². The summed E-state index contributed by atoms with van der Waals surface area (Å²) < 4.78 is 5.21. The maximum atomic E-state index is 10.9. The van der Waals surface area contributed by atoms with Crippen LogP contribution in [0.15, 0.2) is 24.3 Å². The third kappa shape index (κ3) is 4.33. The third-order valence-electron chi connectivity index (χ3n) is 3.45. The van der Waals surface area contributed by atoms with Crippen molar-refractivity contribution < 1.29 is 9.53 Å². The van der Waals surface area contributed by atoms with Gasteiger partial charge in [0, 0.05) is 32.8 Å². The van der Waals surface area contributed by atoms with Gasteiger partial charge >= 0.3 is 0 Å². The molecule has 4 heteroatoms. The largest absolute Gasteiger partial charge is 0.384 e. The van der Waals surface area contributed by atoms with E-state index >= 15 is 0 Å². The monoisotopic (exact) mass is 262 g/mol. The smallest absolute Gasteiger partial charge is 0.221 e. The van der Waals surface area contributed by atoms with Crippen LogP contribution in [-0.4, -0.2) is 37.6 Å². The minimum atomic E-state index is -0.0327. The number of benzene rings is 1. The predicted molar refractivity (Wildman–Crippen MR) is 76.0 cm³/mol. The Kier molecular flexibility index (Phi) is 4.93. The summed E-state index contributed by atoms with van der Waals surface area (Å²) in [4.78, 5) is 13.4. The van der Waals surface area contributed by atoms with E-state index in [1.165, 1.54) is 18.9 Å². The molecule has 1 atom stereocenters. The lowest BCUT2D eigenvalue weighted by Crippen LogP contribution is -2.21. The molecule has 1 saturated heterocycles. The number of rotatable bonds is 5. The van der Waals surface area contributed by atoms with Crippen molar-refractivity contribution in [3.05, 3.63) is 29.8 Å². The molecule has 4 nitrogen and oxygen atoms in total. The molecular formula is C15H22N2O2. The van der Waals surface area contributed by atoms with Gasteiger partial charge in [0.15, 0.2) is 0 Å². The highest BCUT2D eigenvalue weighted by atomic mass is 16.5. The Bertz CT molecular complexity index is 417. The lowest BCUT2D eigenvalue weighted by molar-refractivity contribution is -0.114. The number of nitrogens with zero attached hydrogens (tertiary/aromatic N) is 1. The number of carbonyl (C=O) groups excluding carboxylic acids is 1. The number of ether oxygens (including phenoxy) is 1. The SMILES string of the molecule is COC[C@@H]1CCN(Cc2ccc(NC(C)=O)cc2)C1. The molecule has 0 saturated carbocycles. The molecule has 1 aromatic rings. The molecule has 0 aromatic heterocycles. The number of hydrogen-bond acceptors (Lipinski definition) is 3. The van der Waals surface area contributed by atoms with E-state index in [0.717, 1.165) is 31.9 Å². The standard InChI is InChI=1S/C15H22N2O2/c1-12(18)16-15-5-3-13(4-6-15)9-17-8-7-14(10-17)11-19-2/h3-6,14H,7-11H2,1-2H3,(H,16,18)/t14-/m1/s1. The Balaban J connectivity index is 1.85. The number of amides is 1. The van der Waals surface area contributed by atoms with Crippen molar-refractivity contribution in [1.29, 1.82) is 0 Å². The van der Waals surface area contributed by atoms with Crippen LogP contribution in [0.3, 0.4) is 0 Å². The fourth-order valence-electron chi connectivity index (χ4n) is 2.58. The number of nitrogens with one attached hydrogen (secondary N) is 1. The van der Waals surface area contributed by atoms with Gasteiger partial charge in [-0.3, -0.25) is 9.69 Å². The van der Waals surface area contributed by atoms with E-state index < -0.39 is 0 Å².